The van der Waals surface area contributed by atoms with E-state index in [-0.39, 0.29) is 29.9 Å². The predicted molar refractivity (Wildman–Crippen MR) is 95.5 cm³/mol. The molecule has 2 atom stereocenters. The fourth-order valence-electron chi connectivity index (χ4n) is 3.41. The van der Waals surface area contributed by atoms with E-state index in [4.69, 9.17) is 4.74 Å². The Morgan fingerprint density at radius 2 is 1.92 bits per heavy atom. The van der Waals surface area contributed by atoms with Crippen LogP contribution in [0.4, 0.5) is 0 Å². The molecule has 3 rings (SSSR count). The lowest BCUT2D eigenvalue weighted by atomic mass is 9.86. The summed E-state index contributed by atoms with van der Waals surface area (Å²) in [6, 6.07) is 10.6. The van der Waals surface area contributed by atoms with Crippen LogP contribution in [-0.4, -0.2) is 29.6 Å². The Morgan fingerprint density at radius 1 is 1.16 bits per heavy atom. The molecule has 5 heteroatoms. The third kappa shape index (κ3) is 3.92. The Labute approximate surface area is 147 Å². The van der Waals surface area contributed by atoms with Gasteiger partial charge in [0.25, 0.3) is 5.91 Å². The highest BCUT2D eigenvalue weighted by Gasteiger charge is 2.23. The van der Waals surface area contributed by atoms with Crippen LogP contribution in [0.5, 0.6) is 5.75 Å². The number of fused-ring (bicyclic) bond motifs is 1. The normalized spacial score (nSPS) is 20.2. The maximum Gasteiger partial charge on any atom is 0.342 e. The van der Waals surface area contributed by atoms with Gasteiger partial charge < -0.3 is 15.2 Å². The number of rotatable bonds is 4. The highest BCUT2D eigenvalue weighted by molar-refractivity contribution is 6.01. The van der Waals surface area contributed by atoms with Gasteiger partial charge in [-0.25, -0.2) is 4.79 Å². The molecule has 2 aromatic rings. The highest BCUT2D eigenvalue weighted by atomic mass is 16.5. The molecule has 1 saturated carbocycles. The van der Waals surface area contributed by atoms with Gasteiger partial charge in [0.2, 0.25) is 0 Å². The number of hydrogen-bond donors (Lipinski definition) is 2. The van der Waals surface area contributed by atoms with E-state index in [0.717, 1.165) is 24.6 Å². The summed E-state index contributed by atoms with van der Waals surface area (Å²) in [5, 5.41) is 14.6. The molecule has 0 saturated heterocycles. The summed E-state index contributed by atoms with van der Waals surface area (Å²) in [5.41, 5.74) is 0.0672. The zero-order valence-corrected chi connectivity index (χ0v) is 14.3. The average molecular weight is 341 g/mol. The molecule has 0 heterocycles. The van der Waals surface area contributed by atoms with E-state index in [1.54, 1.807) is 18.2 Å². The van der Waals surface area contributed by atoms with Gasteiger partial charge >= 0.3 is 5.97 Å². The number of ether oxygens (including phenoxy) is 1. The fraction of sp³-hybridized carbons (Fsp3) is 0.400. The van der Waals surface area contributed by atoms with Crippen molar-refractivity contribution in [1.82, 2.24) is 5.32 Å². The van der Waals surface area contributed by atoms with Crippen molar-refractivity contribution >= 4 is 22.6 Å². The molecule has 0 radical (unpaired) electrons. The number of carbonyl (C=O) groups excluding carboxylic acids is 2. The molecular weight excluding hydrogens is 318 g/mol. The maximum atomic E-state index is 12.2. The van der Waals surface area contributed by atoms with Crippen LogP contribution in [-0.2, 0) is 9.53 Å². The lowest BCUT2D eigenvalue weighted by molar-refractivity contribution is -0.125. The van der Waals surface area contributed by atoms with Gasteiger partial charge in [-0.15, -0.1) is 0 Å². The molecular formula is C20H23NO4. The lowest BCUT2D eigenvalue weighted by Crippen LogP contribution is -2.42. The number of nitrogens with one attached hydrogen (secondary N) is 1. The highest BCUT2D eigenvalue weighted by Crippen LogP contribution is 2.29. The molecule has 1 fully saturated rings. The van der Waals surface area contributed by atoms with Crippen molar-refractivity contribution in [3.05, 3.63) is 42.0 Å². The van der Waals surface area contributed by atoms with Gasteiger partial charge in [0, 0.05) is 11.4 Å². The third-order valence-electron chi connectivity index (χ3n) is 4.91. The van der Waals surface area contributed by atoms with Crippen LogP contribution < -0.4 is 5.32 Å². The van der Waals surface area contributed by atoms with E-state index >= 15 is 0 Å². The summed E-state index contributed by atoms with van der Waals surface area (Å²) in [4.78, 5) is 24.2. The number of esters is 1. The van der Waals surface area contributed by atoms with Gasteiger partial charge in [0.15, 0.2) is 6.61 Å². The Bertz CT molecular complexity index is 786. The standard InChI is InChI=1S/C20H23NO4/c1-13-6-2-5-9-17(13)21-18(22)12-25-20(24)16-11-10-14-7-3-4-8-15(14)19(16)23/h3-4,7-8,10-11,13,17,23H,2,5-6,9,12H2,1H3,(H,21,22)/t13-,17+/m0/s1. The van der Waals surface area contributed by atoms with E-state index in [2.05, 4.69) is 12.2 Å². The average Bonchev–Trinajstić information content (AvgIpc) is 2.62. The van der Waals surface area contributed by atoms with Crippen LogP contribution in [0.1, 0.15) is 43.0 Å². The first kappa shape index (κ1) is 17.3. The second-order valence-corrected chi connectivity index (χ2v) is 6.69. The Kier molecular flexibility index (Phi) is 5.22. The van der Waals surface area contributed by atoms with Crippen molar-refractivity contribution in [1.29, 1.82) is 0 Å². The Balaban J connectivity index is 1.61. The van der Waals surface area contributed by atoms with Crippen LogP contribution in [0.3, 0.4) is 0 Å². The number of benzene rings is 2. The molecule has 25 heavy (non-hydrogen) atoms. The molecule has 5 nitrogen and oxygen atoms in total. The number of aromatic hydroxyl groups is 1. The second kappa shape index (κ2) is 7.55. The molecule has 2 aromatic carbocycles. The molecule has 132 valence electrons. The quantitative estimate of drug-likeness (QED) is 0.836. The fourth-order valence-corrected chi connectivity index (χ4v) is 3.41. The summed E-state index contributed by atoms with van der Waals surface area (Å²) in [7, 11) is 0. The van der Waals surface area contributed by atoms with Gasteiger partial charge in [-0.1, -0.05) is 50.1 Å². The van der Waals surface area contributed by atoms with Crippen molar-refractivity contribution in [3.8, 4) is 5.75 Å². The van der Waals surface area contributed by atoms with Gasteiger partial charge in [-0.3, -0.25) is 4.79 Å². The van der Waals surface area contributed by atoms with Crippen molar-refractivity contribution in [2.75, 3.05) is 6.61 Å². The summed E-state index contributed by atoms with van der Waals surface area (Å²) in [6.45, 7) is 1.79. The summed E-state index contributed by atoms with van der Waals surface area (Å²) in [6.07, 6.45) is 4.38. The van der Waals surface area contributed by atoms with Crippen LogP contribution in [0.25, 0.3) is 10.8 Å². The summed E-state index contributed by atoms with van der Waals surface area (Å²) < 4.78 is 5.09. The zero-order valence-electron chi connectivity index (χ0n) is 14.3. The van der Waals surface area contributed by atoms with Crippen LogP contribution >= 0.6 is 0 Å². The van der Waals surface area contributed by atoms with E-state index < -0.39 is 5.97 Å². The third-order valence-corrected chi connectivity index (χ3v) is 4.91. The number of phenolic OH excluding ortho intramolecular Hbond substituents is 1. The molecule has 1 aliphatic carbocycles. The van der Waals surface area contributed by atoms with Gasteiger partial charge in [-0.05, 0) is 30.2 Å². The van der Waals surface area contributed by atoms with E-state index in [1.165, 1.54) is 12.5 Å². The minimum atomic E-state index is -0.699. The van der Waals surface area contributed by atoms with Gasteiger partial charge in [0.05, 0.1) is 0 Å². The van der Waals surface area contributed by atoms with Crippen LogP contribution in [0.15, 0.2) is 36.4 Å². The number of carbonyl (C=O) groups is 2. The molecule has 0 bridgehead atoms. The Morgan fingerprint density at radius 3 is 2.72 bits per heavy atom. The Hall–Kier alpha value is -2.56. The largest absolute Gasteiger partial charge is 0.506 e. The molecule has 0 unspecified atom stereocenters. The monoisotopic (exact) mass is 341 g/mol. The smallest absolute Gasteiger partial charge is 0.342 e. The SMILES string of the molecule is C[C@H]1CCCC[C@H]1NC(=O)COC(=O)c1ccc2ccccc2c1O. The van der Waals surface area contributed by atoms with Crippen LogP contribution in [0.2, 0.25) is 0 Å². The van der Waals surface area contributed by atoms with E-state index in [1.807, 2.05) is 12.1 Å². The second-order valence-electron chi connectivity index (χ2n) is 6.69. The number of phenols is 1. The minimum absolute atomic E-state index is 0.0672. The van der Waals surface area contributed by atoms with E-state index in [0.29, 0.717) is 11.3 Å². The van der Waals surface area contributed by atoms with Gasteiger partial charge in [0.1, 0.15) is 11.3 Å². The molecule has 1 amide bonds. The predicted octanol–water partition coefficient (Wildman–Crippen LogP) is 3.40. The van der Waals surface area contributed by atoms with Crippen molar-refractivity contribution in [2.24, 2.45) is 5.92 Å². The molecule has 0 spiro atoms. The van der Waals surface area contributed by atoms with Crippen molar-refractivity contribution in [2.45, 2.75) is 38.6 Å². The first-order valence-corrected chi connectivity index (χ1v) is 8.73. The first-order valence-electron chi connectivity index (χ1n) is 8.73. The van der Waals surface area contributed by atoms with E-state index in [9.17, 15) is 14.7 Å². The molecule has 2 N–H and O–H groups in total. The summed E-state index contributed by atoms with van der Waals surface area (Å²) in [5.74, 6) is -0.676. The maximum absolute atomic E-state index is 12.2. The summed E-state index contributed by atoms with van der Waals surface area (Å²) >= 11 is 0. The topological polar surface area (TPSA) is 75.6 Å². The molecule has 0 aliphatic heterocycles. The minimum Gasteiger partial charge on any atom is -0.506 e. The van der Waals surface area contributed by atoms with Crippen molar-refractivity contribution < 1.29 is 19.4 Å². The van der Waals surface area contributed by atoms with Gasteiger partial charge in [-0.2, -0.15) is 0 Å². The van der Waals surface area contributed by atoms with Crippen molar-refractivity contribution in [3.63, 3.8) is 0 Å². The lowest BCUT2D eigenvalue weighted by Gasteiger charge is -2.29. The number of hydrogen-bond acceptors (Lipinski definition) is 4. The number of amides is 1. The molecule has 1 aliphatic rings. The zero-order chi connectivity index (χ0) is 17.8. The first-order chi connectivity index (χ1) is 12.1. The van der Waals surface area contributed by atoms with Crippen LogP contribution in [0, 0.1) is 5.92 Å². The molecule has 0 aromatic heterocycles.